The first-order valence-electron chi connectivity index (χ1n) is 9.56. The summed E-state index contributed by atoms with van der Waals surface area (Å²) in [6.45, 7) is 3.29. The fourth-order valence-electron chi connectivity index (χ4n) is 2.22. The molecule has 2 aromatic rings. The minimum atomic E-state index is -1.29. The van der Waals surface area contributed by atoms with Gasteiger partial charge in [-0.1, -0.05) is 5.21 Å². The van der Waals surface area contributed by atoms with Gasteiger partial charge in [0.2, 0.25) is 5.75 Å². The Kier molecular flexibility index (Phi) is 11.5. The molecular weight excluding hydrogens is 423 g/mol. The van der Waals surface area contributed by atoms with Crippen molar-refractivity contribution in [3.8, 4) is 5.75 Å². The van der Waals surface area contributed by atoms with Gasteiger partial charge in [0.1, 0.15) is 5.82 Å². The molecule has 0 aliphatic rings. The molecule has 0 spiro atoms. The molecule has 31 heavy (non-hydrogen) atoms. The van der Waals surface area contributed by atoms with Crippen LogP contribution in [0, 0.1) is 17.5 Å². The van der Waals surface area contributed by atoms with E-state index in [1.54, 1.807) is 17.1 Å². The van der Waals surface area contributed by atoms with Gasteiger partial charge in [-0.05, 0) is 0 Å². The lowest BCUT2D eigenvalue weighted by Crippen LogP contribution is -2.15. The normalized spacial score (nSPS) is 11.1. The summed E-state index contributed by atoms with van der Waals surface area (Å²) < 4.78 is 67.0. The summed E-state index contributed by atoms with van der Waals surface area (Å²) in [6, 6.07) is 0.855. The van der Waals surface area contributed by atoms with Crippen LogP contribution < -0.4 is 4.74 Å². The highest BCUT2D eigenvalue weighted by Crippen LogP contribution is 2.23. The number of nitrogens with zero attached hydrogens (tertiary/aromatic N) is 3. The van der Waals surface area contributed by atoms with Gasteiger partial charge in [-0.15, -0.1) is 5.10 Å². The van der Waals surface area contributed by atoms with E-state index in [0.717, 1.165) is 0 Å². The van der Waals surface area contributed by atoms with Gasteiger partial charge in [0.05, 0.1) is 72.0 Å². The Hall–Kier alpha value is -2.54. The summed E-state index contributed by atoms with van der Waals surface area (Å²) in [6.07, 6.45) is 3.13. The van der Waals surface area contributed by atoms with Crippen LogP contribution in [-0.4, -0.2) is 73.8 Å². The minimum Gasteiger partial charge on any atom is -0.420 e. The van der Waals surface area contributed by atoms with Crippen molar-refractivity contribution >= 4 is 5.97 Å². The van der Waals surface area contributed by atoms with E-state index >= 15 is 0 Å². The Balaban J connectivity index is 1.37. The Morgan fingerprint density at radius 1 is 0.839 bits per heavy atom. The molecule has 2 rings (SSSR count). The van der Waals surface area contributed by atoms with Gasteiger partial charge in [0, 0.05) is 18.3 Å². The van der Waals surface area contributed by atoms with Crippen LogP contribution >= 0.6 is 0 Å². The zero-order chi connectivity index (χ0) is 22.3. The van der Waals surface area contributed by atoms with E-state index in [9.17, 15) is 18.0 Å². The highest BCUT2D eigenvalue weighted by atomic mass is 19.1. The van der Waals surface area contributed by atoms with E-state index in [1.165, 1.54) is 0 Å². The van der Waals surface area contributed by atoms with Crippen LogP contribution in [-0.2, 0) is 30.3 Å². The lowest BCUT2D eigenvalue weighted by atomic mass is 10.3. The van der Waals surface area contributed by atoms with Crippen LogP contribution in [0.2, 0.25) is 0 Å². The van der Waals surface area contributed by atoms with Crippen molar-refractivity contribution in [1.29, 1.82) is 0 Å². The lowest BCUT2D eigenvalue weighted by Gasteiger charge is -2.08. The van der Waals surface area contributed by atoms with E-state index in [-0.39, 0.29) is 26.2 Å². The second-order valence-corrected chi connectivity index (χ2v) is 6.04. The standard InChI is InChI=1S/C19H24F3N3O6/c20-15-13-16(21)19(17(22)14-15)31-18(26)1-5-27-7-9-29-11-12-30-10-8-28-6-4-25-3-2-23-24-25/h2-3,13-14H,1,4-12H2. The molecule has 1 aromatic carbocycles. The number of esters is 1. The minimum absolute atomic E-state index is 0.0188. The number of benzene rings is 1. The van der Waals surface area contributed by atoms with Gasteiger partial charge < -0.3 is 23.7 Å². The Morgan fingerprint density at radius 2 is 1.39 bits per heavy atom. The van der Waals surface area contributed by atoms with E-state index in [2.05, 4.69) is 15.0 Å². The van der Waals surface area contributed by atoms with Crippen molar-refractivity contribution in [3.05, 3.63) is 42.0 Å². The molecule has 172 valence electrons. The van der Waals surface area contributed by atoms with Crippen LogP contribution in [0.25, 0.3) is 0 Å². The molecule has 0 saturated carbocycles. The monoisotopic (exact) mass is 447 g/mol. The van der Waals surface area contributed by atoms with Gasteiger partial charge in [0.25, 0.3) is 0 Å². The number of aromatic nitrogens is 3. The summed E-state index contributed by atoms with van der Waals surface area (Å²) in [7, 11) is 0. The molecule has 0 bridgehead atoms. The molecule has 1 aromatic heterocycles. The van der Waals surface area contributed by atoms with Crippen LogP contribution in [0.4, 0.5) is 13.2 Å². The lowest BCUT2D eigenvalue weighted by molar-refractivity contribution is -0.136. The first-order chi connectivity index (χ1) is 15.1. The first-order valence-corrected chi connectivity index (χ1v) is 9.56. The summed E-state index contributed by atoms with van der Waals surface area (Å²) in [4.78, 5) is 11.6. The first kappa shape index (κ1) is 24.7. The van der Waals surface area contributed by atoms with Crippen molar-refractivity contribution in [1.82, 2.24) is 15.0 Å². The largest absolute Gasteiger partial charge is 0.420 e. The fraction of sp³-hybridized carbons (Fsp3) is 0.526. The van der Waals surface area contributed by atoms with E-state index in [4.69, 9.17) is 18.9 Å². The quantitative estimate of drug-likeness (QED) is 0.218. The van der Waals surface area contributed by atoms with Crippen molar-refractivity contribution in [2.75, 3.05) is 52.9 Å². The molecular formula is C19H24F3N3O6. The Morgan fingerprint density at radius 3 is 1.94 bits per heavy atom. The second-order valence-electron chi connectivity index (χ2n) is 6.04. The van der Waals surface area contributed by atoms with E-state index in [1.807, 2.05) is 0 Å². The molecule has 12 heteroatoms. The molecule has 0 amide bonds. The summed E-state index contributed by atoms with van der Waals surface area (Å²) >= 11 is 0. The van der Waals surface area contributed by atoms with Gasteiger partial charge in [-0.25, -0.2) is 13.2 Å². The summed E-state index contributed by atoms with van der Waals surface area (Å²) in [5.74, 6) is -5.52. The zero-order valence-corrected chi connectivity index (χ0v) is 16.8. The maximum Gasteiger partial charge on any atom is 0.313 e. The third kappa shape index (κ3) is 10.4. The van der Waals surface area contributed by atoms with Gasteiger partial charge >= 0.3 is 5.97 Å². The van der Waals surface area contributed by atoms with Gasteiger partial charge in [0.15, 0.2) is 11.6 Å². The number of carbonyl (C=O) groups is 1. The predicted molar refractivity (Wildman–Crippen MR) is 99.9 cm³/mol. The van der Waals surface area contributed by atoms with Crippen molar-refractivity contribution < 1.29 is 41.7 Å². The average molecular weight is 447 g/mol. The Bertz CT molecular complexity index is 756. The number of hydrogen-bond donors (Lipinski definition) is 0. The molecule has 9 nitrogen and oxygen atoms in total. The number of ether oxygens (including phenoxy) is 5. The summed E-state index contributed by atoms with van der Waals surface area (Å²) in [5.41, 5.74) is 0. The smallest absolute Gasteiger partial charge is 0.313 e. The molecule has 0 unspecified atom stereocenters. The molecule has 1 heterocycles. The van der Waals surface area contributed by atoms with Crippen molar-refractivity contribution in [3.63, 3.8) is 0 Å². The number of rotatable bonds is 16. The maximum absolute atomic E-state index is 13.4. The molecule has 0 radical (unpaired) electrons. The highest BCUT2D eigenvalue weighted by Gasteiger charge is 2.16. The highest BCUT2D eigenvalue weighted by molar-refractivity contribution is 5.72. The molecule has 0 aliphatic carbocycles. The van der Waals surface area contributed by atoms with Gasteiger partial charge in [-0.2, -0.15) is 0 Å². The van der Waals surface area contributed by atoms with Crippen LogP contribution in [0.1, 0.15) is 6.42 Å². The maximum atomic E-state index is 13.4. The Labute approximate surface area is 177 Å². The second kappa shape index (κ2) is 14.5. The number of halogens is 3. The summed E-state index contributed by atoms with van der Waals surface area (Å²) in [5, 5.41) is 7.50. The SMILES string of the molecule is O=C(CCOCCOCCOCCOCCn1ccnn1)Oc1c(F)cc(F)cc1F. The third-order valence-electron chi connectivity index (χ3n) is 3.68. The predicted octanol–water partition coefficient (Wildman–Crippen LogP) is 1.76. The zero-order valence-electron chi connectivity index (χ0n) is 16.8. The van der Waals surface area contributed by atoms with E-state index in [0.29, 0.717) is 51.7 Å². The number of hydrogen-bond acceptors (Lipinski definition) is 8. The molecule has 0 fully saturated rings. The van der Waals surface area contributed by atoms with Crippen molar-refractivity contribution in [2.45, 2.75) is 13.0 Å². The van der Waals surface area contributed by atoms with Crippen LogP contribution in [0.3, 0.4) is 0 Å². The van der Waals surface area contributed by atoms with Crippen molar-refractivity contribution in [2.24, 2.45) is 0 Å². The molecule has 0 aliphatic heterocycles. The third-order valence-corrected chi connectivity index (χ3v) is 3.68. The topological polar surface area (TPSA) is 93.9 Å². The average Bonchev–Trinajstić information content (AvgIpc) is 3.24. The van der Waals surface area contributed by atoms with Gasteiger partial charge in [-0.3, -0.25) is 9.48 Å². The fourth-order valence-corrected chi connectivity index (χ4v) is 2.22. The van der Waals surface area contributed by atoms with E-state index < -0.39 is 29.2 Å². The van der Waals surface area contributed by atoms with Crippen LogP contribution in [0.15, 0.2) is 24.5 Å². The number of carbonyl (C=O) groups excluding carboxylic acids is 1. The van der Waals surface area contributed by atoms with Crippen LogP contribution in [0.5, 0.6) is 5.75 Å². The molecule has 0 N–H and O–H groups in total. The molecule has 0 saturated heterocycles. The molecule has 0 atom stereocenters.